The lowest BCUT2D eigenvalue weighted by atomic mass is 9.96. The lowest BCUT2D eigenvalue weighted by Gasteiger charge is -2.27. The lowest BCUT2D eigenvalue weighted by Crippen LogP contribution is -2.41. The zero-order chi connectivity index (χ0) is 56.0. The zero-order valence-electron chi connectivity index (χ0n) is 51.1. The van der Waals surface area contributed by atoms with Crippen LogP contribution in [0.1, 0.15) is 273 Å². The molecule has 13 heteroatoms. The van der Waals surface area contributed by atoms with E-state index in [1.807, 2.05) is 9.80 Å². The number of carbonyl (C=O) groups is 4. The second-order valence-electron chi connectivity index (χ2n) is 22.4. The molecule has 0 unspecified atom stereocenters. The predicted octanol–water partition coefficient (Wildman–Crippen LogP) is 15.5. The highest BCUT2D eigenvalue weighted by Crippen LogP contribution is 2.21. The van der Waals surface area contributed by atoms with Crippen molar-refractivity contribution >= 4 is 24.1 Å². The molecule has 0 rings (SSSR count). The molecule has 450 valence electrons. The van der Waals surface area contributed by atoms with Crippen LogP contribution in [-0.2, 0) is 28.5 Å². The summed E-state index contributed by atoms with van der Waals surface area (Å²) in [7, 11) is 2.05. The Balaban J connectivity index is 5.41. The Hall–Kier alpha value is -2.64. The second kappa shape index (κ2) is 55.7. The monoisotopic (exact) mass is 1080 g/mol. The molecular formula is C63H125N5O8. The summed E-state index contributed by atoms with van der Waals surface area (Å²) < 4.78 is 23.5. The topological polar surface area (TPSA) is 144 Å². The van der Waals surface area contributed by atoms with Crippen molar-refractivity contribution in [2.45, 2.75) is 273 Å². The molecule has 0 saturated carbocycles. The summed E-state index contributed by atoms with van der Waals surface area (Å²) in [5.41, 5.74) is 5.87. The number of likely N-dealkylation sites (N-methyl/N-ethyl adjacent to an activating group) is 1. The van der Waals surface area contributed by atoms with E-state index in [4.69, 9.17) is 24.7 Å². The molecule has 0 aromatic carbocycles. The molecule has 0 bridgehead atoms. The van der Waals surface area contributed by atoms with Crippen molar-refractivity contribution in [1.82, 2.24) is 19.6 Å². The van der Waals surface area contributed by atoms with Gasteiger partial charge in [-0.05, 0) is 83.1 Å². The van der Waals surface area contributed by atoms with E-state index in [0.29, 0.717) is 83.7 Å². The highest BCUT2D eigenvalue weighted by atomic mass is 16.6. The van der Waals surface area contributed by atoms with Crippen molar-refractivity contribution in [3.63, 3.8) is 0 Å². The molecule has 2 amide bonds. The first kappa shape index (κ1) is 73.4. The molecule has 0 radical (unpaired) electrons. The average Bonchev–Trinajstić information content (AvgIpc) is 3.41. The van der Waals surface area contributed by atoms with Gasteiger partial charge < -0.3 is 39.4 Å². The fraction of sp³-hybridized carbons (Fsp3) is 0.937. The van der Waals surface area contributed by atoms with Crippen LogP contribution in [0, 0.1) is 11.8 Å². The smallest absolute Gasteiger partial charge is 0.409 e. The Morgan fingerprint density at radius 1 is 0.355 bits per heavy atom. The molecule has 0 aliphatic heterocycles. The van der Waals surface area contributed by atoms with Crippen LogP contribution in [0.2, 0.25) is 0 Å². The van der Waals surface area contributed by atoms with Crippen molar-refractivity contribution in [3.05, 3.63) is 0 Å². The van der Waals surface area contributed by atoms with Crippen molar-refractivity contribution in [3.8, 4) is 0 Å². The summed E-state index contributed by atoms with van der Waals surface area (Å²) in [5, 5.41) is 0. The van der Waals surface area contributed by atoms with Crippen LogP contribution in [0.25, 0.3) is 0 Å². The normalized spacial score (nSPS) is 11.6. The summed E-state index contributed by atoms with van der Waals surface area (Å²) in [6.45, 7) is 21.3. The van der Waals surface area contributed by atoms with E-state index in [1.54, 1.807) is 0 Å². The van der Waals surface area contributed by atoms with Crippen LogP contribution in [0.15, 0.2) is 0 Å². The van der Waals surface area contributed by atoms with Gasteiger partial charge in [-0.3, -0.25) is 14.5 Å². The van der Waals surface area contributed by atoms with Gasteiger partial charge >= 0.3 is 24.1 Å². The van der Waals surface area contributed by atoms with E-state index in [0.717, 1.165) is 110 Å². The first-order chi connectivity index (χ1) is 37.1. The number of carbonyl (C=O) groups excluding carboxylic acids is 4. The van der Waals surface area contributed by atoms with Gasteiger partial charge in [0.15, 0.2) is 0 Å². The quantitative estimate of drug-likeness (QED) is 0.0353. The van der Waals surface area contributed by atoms with Crippen molar-refractivity contribution in [2.24, 2.45) is 17.6 Å². The minimum atomic E-state index is -0.289. The minimum absolute atomic E-state index is 0.102. The van der Waals surface area contributed by atoms with Gasteiger partial charge in [0.05, 0.1) is 13.2 Å². The van der Waals surface area contributed by atoms with Crippen LogP contribution < -0.4 is 5.73 Å². The fourth-order valence-electron chi connectivity index (χ4n) is 9.86. The largest absolute Gasteiger partial charge is 0.465 e. The van der Waals surface area contributed by atoms with Gasteiger partial charge in [-0.2, -0.15) is 0 Å². The summed E-state index contributed by atoms with van der Waals surface area (Å²) >= 11 is 0. The molecule has 2 N–H and O–H groups in total. The number of unbranched alkanes of at least 4 members (excludes halogenated alkanes) is 22. The third-order valence-corrected chi connectivity index (χ3v) is 15.1. The van der Waals surface area contributed by atoms with Gasteiger partial charge in [-0.25, -0.2) is 9.59 Å². The van der Waals surface area contributed by atoms with Crippen LogP contribution in [-0.4, -0.2) is 143 Å². The average molecular weight is 1080 g/mol. The van der Waals surface area contributed by atoms with Crippen LogP contribution in [0.3, 0.4) is 0 Å². The summed E-state index contributed by atoms with van der Waals surface area (Å²) in [5.74, 6) is 0.717. The molecule has 0 fully saturated rings. The minimum Gasteiger partial charge on any atom is -0.465 e. The first-order valence-electron chi connectivity index (χ1n) is 32.3. The van der Waals surface area contributed by atoms with Crippen molar-refractivity contribution in [2.75, 3.05) is 98.9 Å². The molecule has 0 aromatic heterocycles. The molecule has 0 aromatic rings. The second-order valence-corrected chi connectivity index (χ2v) is 22.4. The third kappa shape index (κ3) is 46.3. The van der Waals surface area contributed by atoms with Crippen LogP contribution >= 0.6 is 0 Å². The van der Waals surface area contributed by atoms with E-state index in [1.165, 1.54) is 128 Å². The van der Waals surface area contributed by atoms with E-state index < -0.39 is 0 Å². The van der Waals surface area contributed by atoms with E-state index >= 15 is 0 Å². The molecule has 13 nitrogen and oxygen atoms in total. The number of rotatable bonds is 57. The van der Waals surface area contributed by atoms with Gasteiger partial charge in [0.25, 0.3) is 0 Å². The SMILES string of the molecule is CCCCCCCCN(CCCCCC(=O)OCC(CCCCC)CCCCC)C(=O)OCCN(CCOC(=O)N(CCCCCCCC)CCCCCC(=O)OCC(CCCCC)CCCCC)CCN(C)CCN. The van der Waals surface area contributed by atoms with Crippen LogP contribution in [0.5, 0.6) is 0 Å². The maximum absolute atomic E-state index is 13.7. The van der Waals surface area contributed by atoms with Gasteiger partial charge in [0.2, 0.25) is 0 Å². The summed E-state index contributed by atoms with van der Waals surface area (Å²) in [4.78, 5) is 61.0. The molecule has 0 saturated heterocycles. The number of hydrogen-bond acceptors (Lipinski definition) is 11. The lowest BCUT2D eigenvalue weighted by molar-refractivity contribution is -0.146. The Morgan fingerprint density at radius 3 is 1.01 bits per heavy atom. The van der Waals surface area contributed by atoms with Crippen molar-refractivity contribution < 1.29 is 38.1 Å². The Bertz CT molecular complexity index is 1200. The number of amides is 2. The molecule has 0 aliphatic carbocycles. The maximum Gasteiger partial charge on any atom is 0.409 e. The molecule has 0 aliphatic rings. The van der Waals surface area contributed by atoms with Gasteiger partial charge in [0, 0.05) is 78.3 Å². The van der Waals surface area contributed by atoms with E-state index in [9.17, 15) is 19.2 Å². The fourth-order valence-corrected chi connectivity index (χ4v) is 9.86. The summed E-state index contributed by atoms with van der Waals surface area (Å²) in [6, 6.07) is 0. The number of esters is 2. The Morgan fingerprint density at radius 2 is 0.671 bits per heavy atom. The number of nitrogens with zero attached hydrogens (tertiary/aromatic N) is 4. The van der Waals surface area contributed by atoms with Gasteiger partial charge in [-0.1, -0.05) is 196 Å². The molecule has 0 heterocycles. The Kier molecular flexibility index (Phi) is 53.7. The third-order valence-electron chi connectivity index (χ3n) is 15.1. The Labute approximate surface area is 469 Å². The number of nitrogens with two attached hydrogens (primary N) is 1. The maximum atomic E-state index is 13.7. The molecule has 0 atom stereocenters. The summed E-state index contributed by atoms with van der Waals surface area (Å²) in [6.07, 6.45) is 37.9. The van der Waals surface area contributed by atoms with E-state index in [2.05, 4.69) is 58.4 Å². The standard InChI is InChI=1S/C63H125N5O8/c1-8-14-20-22-24-34-45-67(47-36-26-32-42-60(69)75-56-58(38-28-16-10-3)39-29-17-11-4)62(71)73-54-52-66(51-50-65(7)49-44-64)53-55-74-63(72)68(46-35-25-23-21-15-9-2)48-37-27-33-43-61(70)76-57-59(40-30-18-12-5)41-31-19-13-6/h58-59H,8-57,64H2,1-7H3. The molecule has 0 spiro atoms. The first-order valence-corrected chi connectivity index (χ1v) is 32.3. The predicted molar refractivity (Wildman–Crippen MR) is 318 cm³/mol. The van der Waals surface area contributed by atoms with Crippen LogP contribution in [0.4, 0.5) is 9.59 Å². The highest BCUT2D eigenvalue weighted by Gasteiger charge is 2.20. The van der Waals surface area contributed by atoms with E-state index in [-0.39, 0.29) is 37.3 Å². The van der Waals surface area contributed by atoms with Crippen molar-refractivity contribution in [1.29, 1.82) is 0 Å². The molecular weight excluding hydrogens is 955 g/mol. The van der Waals surface area contributed by atoms with Gasteiger partial charge in [0.1, 0.15) is 13.2 Å². The highest BCUT2D eigenvalue weighted by molar-refractivity contribution is 5.70. The number of ether oxygens (including phenoxy) is 4. The van der Waals surface area contributed by atoms with Gasteiger partial charge in [-0.15, -0.1) is 0 Å². The molecule has 76 heavy (non-hydrogen) atoms. The zero-order valence-corrected chi connectivity index (χ0v) is 51.1. The number of hydrogen-bond donors (Lipinski definition) is 1.